The second kappa shape index (κ2) is 14.6. The molecule has 0 spiro atoms. The lowest BCUT2D eigenvalue weighted by atomic mass is 10.1. The first kappa shape index (κ1) is 24.5. The van der Waals surface area contributed by atoms with Crippen LogP contribution in [-0.4, -0.2) is 52.2 Å². The van der Waals surface area contributed by atoms with Crippen molar-refractivity contribution in [3.8, 4) is 0 Å². The summed E-state index contributed by atoms with van der Waals surface area (Å²) < 4.78 is 5.10. The van der Waals surface area contributed by atoms with Crippen molar-refractivity contribution in [2.24, 2.45) is 4.66 Å². The minimum Gasteiger partial charge on any atom is -0.350 e. The van der Waals surface area contributed by atoms with Crippen LogP contribution >= 0.6 is 0 Å². The zero-order valence-corrected chi connectivity index (χ0v) is 19.5. The van der Waals surface area contributed by atoms with Crippen LogP contribution in [0.15, 0.2) is 4.66 Å². The summed E-state index contributed by atoms with van der Waals surface area (Å²) in [6, 6.07) is 1.32. The van der Waals surface area contributed by atoms with Gasteiger partial charge in [0.05, 0.1) is 0 Å². The molecule has 0 saturated carbocycles. The van der Waals surface area contributed by atoms with Crippen molar-refractivity contribution < 1.29 is 0 Å². The van der Waals surface area contributed by atoms with E-state index in [4.69, 9.17) is 4.66 Å². The Bertz CT molecular complexity index is 328. The summed E-state index contributed by atoms with van der Waals surface area (Å²) in [5.74, 6) is 1.12. The van der Waals surface area contributed by atoms with Gasteiger partial charge < -0.3 is 9.80 Å². The predicted molar refractivity (Wildman–Crippen MR) is 118 cm³/mol. The van der Waals surface area contributed by atoms with Crippen LogP contribution in [0.25, 0.3) is 0 Å². The third-order valence-electron chi connectivity index (χ3n) is 4.84. The first-order valence-electron chi connectivity index (χ1n) is 10.7. The van der Waals surface area contributed by atoms with Gasteiger partial charge in [-0.25, -0.2) is 0 Å². The minimum atomic E-state index is -1.48. The highest BCUT2D eigenvalue weighted by Crippen LogP contribution is 2.18. The normalized spacial score (nSPS) is 11.5. The van der Waals surface area contributed by atoms with Crippen molar-refractivity contribution in [2.75, 3.05) is 28.2 Å². The third kappa shape index (κ3) is 14.4. The molecular formula is C21H47N3Si. The smallest absolute Gasteiger partial charge is 0.186 e. The van der Waals surface area contributed by atoms with Gasteiger partial charge in [0.25, 0.3) is 0 Å². The molecule has 0 aromatic rings. The monoisotopic (exact) mass is 369 g/mol. The summed E-state index contributed by atoms with van der Waals surface area (Å²) in [5.41, 5.74) is 0. The van der Waals surface area contributed by atoms with Crippen LogP contribution in [0.4, 0.5) is 0 Å². The number of hydrogen-bond acceptors (Lipinski definition) is 1. The van der Waals surface area contributed by atoms with Gasteiger partial charge in [-0.3, -0.25) is 4.66 Å². The van der Waals surface area contributed by atoms with Crippen molar-refractivity contribution in [3.63, 3.8) is 0 Å². The van der Waals surface area contributed by atoms with Gasteiger partial charge in [-0.05, 0) is 19.1 Å². The maximum absolute atomic E-state index is 5.10. The highest BCUT2D eigenvalue weighted by atomic mass is 28.3. The first-order chi connectivity index (χ1) is 11.8. The minimum absolute atomic E-state index is 1.12. The van der Waals surface area contributed by atoms with Gasteiger partial charge >= 0.3 is 0 Å². The number of guanidine groups is 1. The van der Waals surface area contributed by atoms with Crippen LogP contribution in [0.1, 0.15) is 84.0 Å². The fraction of sp³-hybridized carbons (Fsp3) is 0.952. The molecule has 0 aliphatic carbocycles. The van der Waals surface area contributed by atoms with E-state index in [2.05, 4.69) is 58.0 Å². The molecule has 4 heteroatoms. The lowest BCUT2D eigenvalue weighted by Gasteiger charge is -2.27. The lowest BCUT2D eigenvalue weighted by molar-refractivity contribution is 0.485. The summed E-state index contributed by atoms with van der Waals surface area (Å²) in [6.45, 7) is 7.09. The summed E-state index contributed by atoms with van der Waals surface area (Å²) in [6.07, 6.45) is 17.1. The highest BCUT2D eigenvalue weighted by Gasteiger charge is 2.22. The van der Waals surface area contributed by atoms with Gasteiger partial charge in [-0.2, -0.15) is 0 Å². The molecule has 0 heterocycles. The second-order valence-corrected chi connectivity index (χ2v) is 13.0. The summed E-state index contributed by atoms with van der Waals surface area (Å²) in [5, 5.41) is 0. The molecule has 0 N–H and O–H groups in total. The van der Waals surface area contributed by atoms with Gasteiger partial charge in [-0.1, -0.05) is 84.0 Å². The Balaban J connectivity index is 3.71. The highest BCUT2D eigenvalue weighted by molar-refractivity contribution is 6.76. The van der Waals surface area contributed by atoms with Crippen LogP contribution in [-0.2, 0) is 0 Å². The molecule has 0 bridgehead atoms. The molecule has 0 saturated heterocycles. The molecule has 0 amide bonds. The maximum atomic E-state index is 5.10. The maximum Gasteiger partial charge on any atom is 0.186 e. The topological polar surface area (TPSA) is 18.8 Å². The van der Waals surface area contributed by atoms with Crippen molar-refractivity contribution in [1.29, 1.82) is 0 Å². The Labute approximate surface area is 160 Å². The fourth-order valence-corrected chi connectivity index (χ4v) is 5.49. The van der Waals surface area contributed by atoms with Crippen LogP contribution in [0.2, 0.25) is 19.1 Å². The van der Waals surface area contributed by atoms with Crippen molar-refractivity contribution in [2.45, 2.75) is 103 Å². The quantitative estimate of drug-likeness (QED) is 0.153. The van der Waals surface area contributed by atoms with Crippen LogP contribution in [0.3, 0.4) is 0 Å². The number of hydrogen-bond donors (Lipinski definition) is 0. The zero-order valence-electron chi connectivity index (χ0n) is 18.5. The molecule has 0 atom stereocenters. The fourth-order valence-electron chi connectivity index (χ4n) is 3.33. The average Bonchev–Trinajstić information content (AvgIpc) is 2.53. The summed E-state index contributed by atoms with van der Waals surface area (Å²) in [7, 11) is 6.88. The van der Waals surface area contributed by atoms with Gasteiger partial charge in [-0.15, -0.1) is 0 Å². The molecule has 0 aliphatic rings. The number of nitrogens with zero attached hydrogens (tertiary/aromatic N) is 3. The van der Waals surface area contributed by atoms with Gasteiger partial charge in [0.2, 0.25) is 0 Å². The van der Waals surface area contributed by atoms with E-state index in [-0.39, 0.29) is 0 Å². The van der Waals surface area contributed by atoms with E-state index in [9.17, 15) is 0 Å². The first-order valence-corrected chi connectivity index (χ1v) is 13.9. The van der Waals surface area contributed by atoms with Gasteiger partial charge in [0, 0.05) is 28.2 Å². The van der Waals surface area contributed by atoms with Crippen molar-refractivity contribution in [3.05, 3.63) is 0 Å². The van der Waals surface area contributed by atoms with E-state index in [1.165, 1.54) is 83.1 Å². The lowest BCUT2D eigenvalue weighted by Crippen LogP contribution is -2.39. The van der Waals surface area contributed by atoms with Gasteiger partial charge in [0.15, 0.2) is 14.2 Å². The molecule has 0 aliphatic heterocycles. The Morgan fingerprint density at radius 2 is 1.00 bits per heavy atom. The van der Waals surface area contributed by atoms with Gasteiger partial charge in [0.1, 0.15) is 0 Å². The Morgan fingerprint density at radius 3 is 1.36 bits per heavy atom. The molecule has 0 radical (unpaired) electrons. The third-order valence-corrected chi connectivity index (χ3v) is 7.23. The molecule has 0 rings (SSSR count). The van der Waals surface area contributed by atoms with Crippen LogP contribution in [0.5, 0.6) is 0 Å². The van der Waals surface area contributed by atoms with E-state index in [0.717, 1.165) is 5.96 Å². The summed E-state index contributed by atoms with van der Waals surface area (Å²) in [4.78, 5) is 4.27. The number of unbranched alkanes of at least 4 members (excludes halogenated alkanes) is 11. The average molecular weight is 370 g/mol. The van der Waals surface area contributed by atoms with Crippen LogP contribution in [0, 0.1) is 0 Å². The predicted octanol–water partition coefficient (Wildman–Crippen LogP) is 6.37. The molecule has 25 heavy (non-hydrogen) atoms. The van der Waals surface area contributed by atoms with Crippen molar-refractivity contribution >= 4 is 14.2 Å². The van der Waals surface area contributed by atoms with E-state index in [1.54, 1.807) is 0 Å². The molecule has 0 aromatic carbocycles. The Hall–Kier alpha value is -0.513. The second-order valence-electron chi connectivity index (χ2n) is 8.65. The van der Waals surface area contributed by atoms with E-state index >= 15 is 0 Å². The number of rotatable bonds is 14. The molecular weight excluding hydrogens is 322 g/mol. The molecule has 0 unspecified atom stereocenters. The Morgan fingerprint density at radius 1 is 0.640 bits per heavy atom. The molecule has 150 valence electrons. The van der Waals surface area contributed by atoms with E-state index < -0.39 is 8.24 Å². The summed E-state index contributed by atoms with van der Waals surface area (Å²) >= 11 is 0. The molecule has 0 fully saturated rings. The van der Waals surface area contributed by atoms with E-state index in [0.29, 0.717) is 0 Å². The Kier molecular flexibility index (Phi) is 14.3. The largest absolute Gasteiger partial charge is 0.350 e. The van der Waals surface area contributed by atoms with Crippen molar-refractivity contribution in [1.82, 2.24) is 9.80 Å². The van der Waals surface area contributed by atoms with Crippen LogP contribution < -0.4 is 0 Å². The molecule has 0 aromatic heterocycles. The standard InChI is InChI=1S/C21H47N3Si/c1-8-9-10-11-12-13-14-15-16-17-18-19-20-25(6,7)22-21(23(2)3)24(4)5/h8-20H2,1-7H3. The molecule has 3 nitrogen and oxygen atoms in total. The van der Waals surface area contributed by atoms with E-state index in [1.807, 2.05) is 0 Å². The zero-order chi connectivity index (χ0) is 19.1. The SMILES string of the molecule is CCCCCCCCCCCCCC[Si](C)(C)N=C(N(C)C)N(C)C.